The monoisotopic (exact) mass is 329 g/mol. The second kappa shape index (κ2) is 7.36. The number of carbonyl (C=O) groups is 2. The molecule has 1 unspecified atom stereocenters. The molecule has 8 heteroatoms. The van der Waals surface area contributed by atoms with E-state index in [2.05, 4.69) is 4.74 Å². The summed E-state index contributed by atoms with van der Waals surface area (Å²) in [5, 5.41) is 9.02. The number of ether oxygens (including phenoxy) is 2. The summed E-state index contributed by atoms with van der Waals surface area (Å²) < 4.78 is 34.4. The number of para-hydroxylation sites is 1. The molecule has 1 aromatic rings. The van der Waals surface area contributed by atoms with Crippen LogP contribution in [0.15, 0.2) is 24.3 Å². The fourth-order valence-corrected chi connectivity index (χ4v) is 2.43. The molecule has 1 heterocycles. The average molecular weight is 329 g/mol. The van der Waals surface area contributed by atoms with Crippen molar-refractivity contribution in [3.05, 3.63) is 29.8 Å². The highest BCUT2D eigenvalue weighted by Gasteiger charge is 2.32. The van der Waals surface area contributed by atoms with E-state index in [1.807, 2.05) is 0 Å². The van der Waals surface area contributed by atoms with Gasteiger partial charge in [-0.15, -0.1) is 0 Å². The molecule has 0 bridgehead atoms. The van der Waals surface area contributed by atoms with Crippen LogP contribution < -0.4 is 4.74 Å². The molecule has 1 aliphatic heterocycles. The molecular weight excluding hydrogens is 312 g/mol. The molecule has 1 fully saturated rings. The third-order valence-corrected chi connectivity index (χ3v) is 3.42. The van der Waals surface area contributed by atoms with Gasteiger partial charge in [-0.05, 0) is 13.0 Å². The number of halogens is 2. The molecule has 1 aromatic carbocycles. The number of amides is 1. The number of alkyl halides is 2. The lowest BCUT2D eigenvalue weighted by molar-refractivity contribution is -0.166. The highest BCUT2D eigenvalue weighted by molar-refractivity contribution is 5.81. The van der Waals surface area contributed by atoms with E-state index >= 15 is 0 Å². The molecule has 1 aliphatic rings. The highest BCUT2D eigenvalue weighted by Crippen LogP contribution is 2.22. The Labute approximate surface area is 131 Å². The first-order chi connectivity index (χ1) is 10.9. The summed E-state index contributed by atoms with van der Waals surface area (Å²) in [6.07, 6.45) is -1.65. The van der Waals surface area contributed by atoms with Gasteiger partial charge in [-0.3, -0.25) is 4.79 Å². The fourth-order valence-electron chi connectivity index (χ4n) is 2.43. The van der Waals surface area contributed by atoms with Gasteiger partial charge in [0.25, 0.3) is 0 Å². The van der Waals surface area contributed by atoms with Gasteiger partial charge in [0.15, 0.2) is 6.10 Å². The van der Waals surface area contributed by atoms with Crippen molar-refractivity contribution in [1.29, 1.82) is 0 Å². The van der Waals surface area contributed by atoms with Gasteiger partial charge in [-0.1, -0.05) is 18.2 Å². The molecule has 1 N–H and O–H groups in total. The highest BCUT2D eigenvalue weighted by atomic mass is 19.3. The number of hydrogen-bond donors (Lipinski definition) is 1. The quantitative estimate of drug-likeness (QED) is 0.887. The molecule has 1 saturated heterocycles. The van der Waals surface area contributed by atoms with Crippen LogP contribution in [0.4, 0.5) is 8.78 Å². The molecule has 2 rings (SSSR count). The molecule has 0 radical (unpaired) electrons. The van der Waals surface area contributed by atoms with Crippen molar-refractivity contribution in [1.82, 2.24) is 4.90 Å². The number of carboxylic acid groups (broad SMARTS) is 1. The van der Waals surface area contributed by atoms with E-state index in [9.17, 15) is 18.4 Å². The second-order valence-corrected chi connectivity index (χ2v) is 5.24. The molecule has 2 atom stereocenters. The standard InChI is InChI=1S/C15H17F2NO5/c1-9-7-18(8-12(22-9)14(20)21)13(19)6-10-4-2-3-5-11(10)23-15(16)17/h2-5,9,12,15H,6-8H2,1H3,(H,20,21)/t9-,12?/m1/s1. The topological polar surface area (TPSA) is 76.1 Å². The van der Waals surface area contributed by atoms with Crippen molar-refractivity contribution < 1.29 is 33.0 Å². The zero-order valence-corrected chi connectivity index (χ0v) is 12.4. The predicted octanol–water partition coefficient (Wildman–Crippen LogP) is 1.53. The van der Waals surface area contributed by atoms with E-state index in [0.717, 1.165) is 0 Å². The first-order valence-electron chi connectivity index (χ1n) is 7.05. The molecule has 1 amide bonds. The normalized spacial score (nSPS) is 21.3. The Hall–Kier alpha value is -2.22. The molecule has 0 aromatic heterocycles. The number of rotatable bonds is 5. The van der Waals surface area contributed by atoms with Crippen LogP contribution in [0.2, 0.25) is 0 Å². The number of aliphatic carboxylic acids is 1. The zero-order chi connectivity index (χ0) is 17.0. The lowest BCUT2D eigenvalue weighted by atomic mass is 10.1. The van der Waals surface area contributed by atoms with Crippen LogP contribution >= 0.6 is 0 Å². The summed E-state index contributed by atoms with van der Waals surface area (Å²) in [5.41, 5.74) is 0.323. The lowest BCUT2D eigenvalue weighted by Crippen LogP contribution is -2.52. The van der Waals surface area contributed by atoms with E-state index < -0.39 is 24.8 Å². The van der Waals surface area contributed by atoms with Crippen molar-refractivity contribution in [3.63, 3.8) is 0 Å². The maximum Gasteiger partial charge on any atom is 0.387 e. The smallest absolute Gasteiger partial charge is 0.387 e. The van der Waals surface area contributed by atoms with Crippen molar-refractivity contribution in [2.45, 2.75) is 32.2 Å². The Bertz CT molecular complexity index is 581. The van der Waals surface area contributed by atoms with Crippen LogP contribution in [0.25, 0.3) is 0 Å². The lowest BCUT2D eigenvalue weighted by Gasteiger charge is -2.35. The molecule has 6 nitrogen and oxygen atoms in total. The van der Waals surface area contributed by atoms with Gasteiger partial charge in [-0.2, -0.15) is 8.78 Å². The first-order valence-corrected chi connectivity index (χ1v) is 7.05. The van der Waals surface area contributed by atoms with E-state index in [1.54, 1.807) is 13.0 Å². The minimum Gasteiger partial charge on any atom is -0.479 e. The van der Waals surface area contributed by atoms with Crippen LogP contribution in [-0.2, 0) is 20.7 Å². The van der Waals surface area contributed by atoms with E-state index in [0.29, 0.717) is 5.56 Å². The Kier molecular flexibility index (Phi) is 5.49. The zero-order valence-electron chi connectivity index (χ0n) is 12.4. The first kappa shape index (κ1) is 17.1. The van der Waals surface area contributed by atoms with Gasteiger partial charge in [-0.25, -0.2) is 4.79 Å². The molecule has 0 saturated carbocycles. The van der Waals surface area contributed by atoms with Crippen LogP contribution in [-0.4, -0.2) is 53.8 Å². The summed E-state index contributed by atoms with van der Waals surface area (Å²) in [6.45, 7) is -1.13. The van der Waals surface area contributed by atoms with Crippen molar-refractivity contribution in [2.75, 3.05) is 13.1 Å². The Morgan fingerprint density at radius 3 is 2.74 bits per heavy atom. The molecule has 23 heavy (non-hydrogen) atoms. The predicted molar refractivity (Wildman–Crippen MR) is 75.3 cm³/mol. The van der Waals surface area contributed by atoms with Gasteiger partial charge < -0.3 is 19.5 Å². The average Bonchev–Trinajstić information content (AvgIpc) is 2.48. The van der Waals surface area contributed by atoms with Crippen molar-refractivity contribution >= 4 is 11.9 Å². The number of morpholine rings is 1. The van der Waals surface area contributed by atoms with E-state index in [4.69, 9.17) is 9.84 Å². The number of carboxylic acids is 1. The summed E-state index contributed by atoms with van der Waals surface area (Å²) in [7, 11) is 0. The molecule has 126 valence electrons. The minimum atomic E-state index is -2.98. The maximum atomic E-state index is 12.4. The van der Waals surface area contributed by atoms with Crippen LogP contribution in [0, 0.1) is 0 Å². The summed E-state index contributed by atoms with van der Waals surface area (Å²) >= 11 is 0. The SMILES string of the molecule is C[C@@H]1CN(C(=O)Cc2ccccc2OC(F)F)CC(C(=O)O)O1. The van der Waals surface area contributed by atoms with Gasteiger partial charge in [0.2, 0.25) is 5.91 Å². The van der Waals surface area contributed by atoms with Crippen molar-refractivity contribution in [3.8, 4) is 5.75 Å². The molecule has 0 spiro atoms. The van der Waals surface area contributed by atoms with Crippen LogP contribution in [0.1, 0.15) is 12.5 Å². The number of benzene rings is 1. The van der Waals surface area contributed by atoms with Gasteiger partial charge in [0.05, 0.1) is 19.1 Å². The van der Waals surface area contributed by atoms with Crippen molar-refractivity contribution in [2.24, 2.45) is 0 Å². The largest absolute Gasteiger partial charge is 0.479 e. The fraction of sp³-hybridized carbons (Fsp3) is 0.467. The van der Waals surface area contributed by atoms with E-state index in [-0.39, 0.29) is 31.2 Å². The third kappa shape index (κ3) is 4.62. The maximum absolute atomic E-state index is 12.4. The van der Waals surface area contributed by atoms with Gasteiger partial charge >= 0.3 is 12.6 Å². The minimum absolute atomic E-state index is 0.0630. The third-order valence-electron chi connectivity index (χ3n) is 3.42. The number of carbonyl (C=O) groups excluding carboxylic acids is 1. The Balaban J connectivity index is 2.08. The number of nitrogens with zero attached hydrogens (tertiary/aromatic N) is 1. The molecular formula is C15H17F2NO5. The van der Waals surface area contributed by atoms with E-state index in [1.165, 1.54) is 23.1 Å². The van der Waals surface area contributed by atoms with Gasteiger partial charge in [0, 0.05) is 12.1 Å². The Morgan fingerprint density at radius 1 is 1.39 bits per heavy atom. The Morgan fingerprint density at radius 2 is 2.09 bits per heavy atom. The summed E-state index contributed by atoms with van der Waals surface area (Å²) in [4.78, 5) is 24.8. The van der Waals surface area contributed by atoms with Crippen LogP contribution in [0.3, 0.4) is 0 Å². The number of hydrogen-bond acceptors (Lipinski definition) is 4. The summed E-state index contributed by atoms with van der Waals surface area (Å²) in [6, 6.07) is 6.02. The second-order valence-electron chi connectivity index (χ2n) is 5.24. The summed E-state index contributed by atoms with van der Waals surface area (Å²) in [5.74, 6) is -1.57. The van der Waals surface area contributed by atoms with Gasteiger partial charge in [0.1, 0.15) is 5.75 Å². The van der Waals surface area contributed by atoms with Crippen LogP contribution in [0.5, 0.6) is 5.75 Å². The molecule has 0 aliphatic carbocycles.